The molecule has 1 amide bonds. The molecule has 3 aromatic carbocycles. The van der Waals surface area contributed by atoms with E-state index in [0.717, 1.165) is 42.9 Å². The number of piperidine rings is 1. The van der Waals surface area contributed by atoms with E-state index in [4.69, 9.17) is 10.2 Å². The van der Waals surface area contributed by atoms with Gasteiger partial charge in [0.15, 0.2) is 0 Å². The summed E-state index contributed by atoms with van der Waals surface area (Å²) in [5.74, 6) is -2.20. The van der Waals surface area contributed by atoms with Gasteiger partial charge in [0, 0.05) is 50.3 Å². The van der Waals surface area contributed by atoms with Crippen LogP contribution in [0.4, 0.5) is 0 Å². The number of carbonyl (C=O) groups is 3. The van der Waals surface area contributed by atoms with Crippen LogP contribution in [-0.4, -0.2) is 75.2 Å². The van der Waals surface area contributed by atoms with E-state index >= 15 is 0 Å². The van der Waals surface area contributed by atoms with Gasteiger partial charge >= 0.3 is 11.9 Å². The smallest absolute Gasteiger partial charge is 0.328 e. The molecule has 2 fully saturated rings. The second-order valence-corrected chi connectivity index (χ2v) is 11.5. The van der Waals surface area contributed by atoms with E-state index in [0.29, 0.717) is 25.0 Å². The standard InChI is InChI=1S/C31H36N2O2.C4H4O4/c1-24(2)33-23-28(22-32-20-18-30(35,19-21-32)25-12-6-3-7-13-25)31(29(33)34,26-14-8-4-9-15-26)27-16-10-5-11-17-27;5-3(6)1-2-4(7)8/h3-17,24,28,35H,18-23H2,1-2H3;1-2H,(H,5,6)(H,7,8)/b;2-1-. The van der Waals surface area contributed by atoms with Crippen molar-refractivity contribution in [1.29, 1.82) is 0 Å². The van der Waals surface area contributed by atoms with Gasteiger partial charge in [0.1, 0.15) is 5.41 Å². The van der Waals surface area contributed by atoms with E-state index < -0.39 is 23.0 Å². The molecule has 0 spiro atoms. The fourth-order valence-electron chi connectivity index (χ4n) is 6.38. The van der Waals surface area contributed by atoms with Gasteiger partial charge in [-0.1, -0.05) is 91.0 Å². The Morgan fingerprint density at radius 1 is 0.791 bits per heavy atom. The van der Waals surface area contributed by atoms with E-state index in [9.17, 15) is 19.5 Å². The van der Waals surface area contributed by atoms with Crippen molar-refractivity contribution in [3.63, 3.8) is 0 Å². The first kappa shape index (κ1) is 31.7. The monoisotopic (exact) mass is 584 g/mol. The number of hydrogen-bond donors (Lipinski definition) is 3. The van der Waals surface area contributed by atoms with Crippen LogP contribution in [0.1, 0.15) is 43.4 Å². The number of likely N-dealkylation sites (tertiary alicyclic amines) is 2. The second-order valence-electron chi connectivity index (χ2n) is 11.5. The Labute approximate surface area is 252 Å². The highest BCUT2D eigenvalue weighted by Gasteiger charge is 2.57. The van der Waals surface area contributed by atoms with Gasteiger partial charge in [0.25, 0.3) is 0 Å². The number of carboxylic acids is 2. The third-order valence-electron chi connectivity index (χ3n) is 8.55. The molecule has 2 heterocycles. The Morgan fingerprint density at radius 2 is 1.21 bits per heavy atom. The molecule has 3 aromatic rings. The van der Waals surface area contributed by atoms with Gasteiger partial charge in [-0.2, -0.15) is 0 Å². The Kier molecular flexibility index (Phi) is 10.2. The molecule has 43 heavy (non-hydrogen) atoms. The van der Waals surface area contributed by atoms with E-state index in [1.807, 2.05) is 66.7 Å². The average molecular weight is 585 g/mol. The van der Waals surface area contributed by atoms with Gasteiger partial charge in [-0.15, -0.1) is 0 Å². The summed E-state index contributed by atoms with van der Waals surface area (Å²) in [4.78, 5) is 37.9. The number of rotatable bonds is 8. The lowest BCUT2D eigenvalue weighted by atomic mass is 9.67. The lowest BCUT2D eigenvalue weighted by molar-refractivity contribution is -0.134. The summed E-state index contributed by atoms with van der Waals surface area (Å²) in [5, 5.41) is 27.0. The summed E-state index contributed by atoms with van der Waals surface area (Å²) in [6.45, 7) is 7.42. The molecule has 5 rings (SSSR count). The van der Waals surface area contributed by atoms with Crippen molar-refractivity contribution in [2.24, 2.45) is 5.92 Å². The zero-order valence-electron chi connectivity index (χ0n) is 24.7. The van der Waals surface area contributed by atoms with Crippen LogP contribution in [0, 0.1) is 5.92 Å². The maximum Gasteiger partial charge on any atom is 0.328 e. The van der Waals surface area contributed by atoms with E-state index in [1.54, 1.807) is 0 Å². The first-order valence-electron chi connectivity index (χ1n) is 14.6. The summed E-state index contributed by atoms with van der Waals surface area (Å²) in [7, 11) is 0. The maximum atomic E-state index is 14.3. The highest BCUT2D eigenvalue weighted by Crippen LogP contribution is 2.47. The highest BCUT2D eigenvalue weighted by molar-refractivity contribution is 5.95. The van der Waals surface area contributed by atoms with Crippen LogP contribution in [0.15, 0.2) is 103 Å². The molecule has 0 bridgehead atoms. The molecule has 8 heteroatoms. The highest BCUT2D eigenvalue weighted by atomic mass is 16.4. The van der Waals surface area contributed by atoms with Crippen LogP contribution in [0.3, 0.4) is 0 Å². The molecule has 2 saturated heterocycles. The summed E-state index contributed by atoms with van der Waals surface area (Å²) < 4.78 is 0. The minimum atomic E-state index is -1.26. The van der Waals surface area contributed by atoms with Gasteiger partial charge in [-0.3, -0.25) is 4.79 Å². The van der Waals surface area contributed by atoms with Gasteiger partial charge in [0.05, 0.1) is 5.60 Å². The quantitative estimate of drug-likeness (QED) is 0.333. The molecule has 2 aliphatic heterocycles. The molecule has 8 nitrogen and oxygen atoms in total. The lowest BCUT2D eigenvalue weighted by Gasteiger charge is -2.42. The Bertz CT molecular complexity index is 1340. The first-order valence-corrected chi connectivity index (χ1v) is 14.6. The van der Waals surface area contributed by atoms with Crippen molar-refractivity contribution < 1.29 is 29.7 Å². The predicted molar refractivity (Wildman–Crippen MR) is 164 cm³/mol. The van der Waals surface area contributed by atoms with Crippen molar-refractivity contribution in [3.05, 3.63) is 120 Å². The largest absolute Gasteiger partial charge is 0.478 e. The van der Waals surface area contributed by atoms with Crippen molar-refractivity contribution in [1.82, 2.24) is 9.80 Å². The Hall–Kier alpha value is -4.27. The zero-order valence-corrected chi connectivity index (χ0v) is 24.7. The number of nitrogens with zero attached hydrogens (tertiary/aromatic N) is 2. The first-order chi connectivity index (χ1) is 20.6. The Balaban J connectivity index is 0.000000467. The van der Waals surface area contributed by atoms with Crippen molar-refractivity contribution >= 4 is 17.8 Å². The number of benzene rings is 3. The number of aliphatic hydroxyl groups is 1. The van der Waals surface area contributed by atoms with Crippen LogP contribution < -0.4 is 0 Å². The molecule has 2 aliphatic rings. The number of carbonyl (C=O) groups excluding carboxylic acids is 1. The van der Waals surface area contributed by atoms with Gasteiger partial charge in [-0.25, -0.2) is 9.59 Å². The van der Waals surface area contributed by atoms with E-state index in [1.165, 1.54) is 0 Å². The fourth-order valence-corrected chi connectivity index (χ4v) is 6.38. The van der Waals surface area contributed by atoms with Gasteiger partial charge in [0.2, 0.25) is 5.91 Å². The molecule has 226 valence electrons. The van der Waals surface area contributed by atoms with Crippen molar-refractivity contribution in [2.45, 2.75) is 43.7 Å². The van der Waals surface area contributed by atoms with Crippen LogP contribution in [-0.2, 0) is 25.4 Å². The molecular formula is C35H40N2O6. The number of hydrogen-bond acceptors (Lipinski definition) is 5. The Morgan fingerprint density at radius 3 is 1.60 bits per heavy atom. The maximum absolute atomic E-state index is 14.3. The SMILES string of the molecule is CC(C)N1CC(CN2CCC(O)(c3ccccc3)CC2)C(c2ccccc2)(c2ccccc2)C1=O.O=C(O)/C=C\C(=O)O. The third-order valence-corrected chi connectivity index (χ3v) is 8.55. The number of aliphatic carboxylic acids is 2. The predicted octanol–water partition coefficient (Wildman–Crippen LogP) is 4.53. The van der Waals surface area contributed by atoms with Crippen molar-refractivity contribution in [2.75, 3.05) is 26.2 Å². The summed E-state index contributed by atoms with van der Waals surface area (Å²) in [6, 6.07) is 30.9. The minimum absolute atomic E-state index is 0.116. The molecule has 1 unspecified atom stereocenters. The molecule has 3 N–H and O–H groups in total. The van der Waals surface area contributed by atoms with Gasteiger partial charge in [-0.05, 0) is 43.4 Å². The van der Waals surface area contributed by atoms with Crippen LogP contribution in [0.25, 0.3) is 0 Å². The second kappa shape index (κ2) is 13.8. The van der Waals surface area contributed by atoms with E-state index in [2.05, 4.69) is 47.9 Å². The van der Waals surface area contributed by atoms with Crippen molar-refractivity contribution in [3.8, 4) is 0 Å². The number of carboxylic acid groups (broad SMARTS) is 2. The van der Waals surface area contributed by atoms with Crippen LogP contribution in [0.2, 0.25) is 0 Å². The molecule has 0 aliphatic carbocycles. The van der Waals surface area contributed by atoms with E-state index in [-0.39, 0.29) is 17.9 Å². The molecule has 0 saturated carbocycles. The molecule has 1 atom stereocenters. The normalized spacial score (nSPS) is 19.7. The van der Waals surface area contributed by atoms with Gasteiger partial charge < -0.3 is 25.1 Å². The topological polar surface area (TPSA) is 118 Å². The summed E-state index contributed by atoms with van der Waals surface area (Å²) in [6.07, 6.45) is 2.52. The molecule has 0 aromatic heterocycles. The lowest BCUT2D eigenvalue weighted by Crippen LogP contribution is -2.49. The summed E-state index contributed by atoms with van der Waals surface area (Å²) >= 11 is 0. The summed E-state index contributed by atoms with van der Waals surface area (Å²) in [5.41, 5.74) is 1.66. The minimum Gasteiger partial charge on any atom is -0.478 e. The fraction of sp³-hybridized carbons (Fsp3) is 0.343. The molecule has 0 radical (unpaired) electrons. The van der Waals surface area contributed by atoms with Crippen LogP contribution >= 0.6 is 0 Å². The molecular weight excluding hydrogens is 544 g/mol. The number of amides is 1. The third kappa shape index (κ3) is 7.04. The van der Waals surface area contributed by atoms with Crippen LogP contribution in [0.5, 0.6) is 0 Å². The average Bonchev–Trinajstić information content (AvgIpc) is 3.31. The zero-order chi connectivity index (χ0) is 31.0.